The first-order chi connectivity index (χ1) is 11.3. The number of carbonyl (C=O) groups excluding carboxylic acids is 2. The smallest absolute Gasteiger partial charge is 0.408 e. The van der Waals surface area contributed by atoms with Crippen LogP contribution in [0.15, 0.2) is 54.6 Å². The summed E-state index contributed by atoms with van der Waals surface area (Å²) in [6.07, 6.45) is -0.627. The lowest BCUT2D eigenvalue weighted by Gasteiger charge is -2.19. The van der Waals surface area contributed by atoms with Crippen LogP contribution in [0.4, 0.5) is 4.79 Å². The van der Waals surface area contributed by atoms with Gasteiger partial charge in [-0.2, -0.15) is 0 Å². The van der Waals surface area contributed by atoms with E-state index in [1.54, 1.807) is 57.2 Å². The van der Waals surface area contributed by atoms with Crippen LogP contribution in [0.25, 0.3) is 0 Å². The van der Waals surface area contributed by atoms with Gasteiger partial charge in [0.05, 0.1) is 12.1 Å². The molecule has 1 amide bonds. The molecule has 0 spiro atoms. The van der Waals surface area contributed by atoms with Crippen molar-refractivity contribution in [2.24, 2.45) is 0 Å². The van der Waals surface area contributed by atoms with E-state index in [1.807, 2.05) is 18.2 Å². The maximum absolute atomic E-state index is 12.4. The van der Waals surface area contributed by atoms with Crippen molar-refractivity contribution >= 4 is 11.9 Å². The number of hydrogen-bond donors (Lipinski definition) is 1. The summed E-state index contributed by atoms with van der Waals surface area (Å²) in [6.45, 7) is 5.12. The predicted molar refractivity (Wildman–Crippen MR) is 91.5 cm³/mol. The van der Waals surface area contributed by atoms with Gasteiger partial charge in [-0.25, -0.2) is 4.79 Å². The van der Waals surface area contributed by atoms with Crippen molar-refractivity contribution in [2.45, 2.75) is 26.4 Å². The predicted octanol–water partition coefficient (Wildman–Crippen LogP) is 4.19. The molecule has 0 aliphatic rings. The molecule has 0 unspecified atom stereocenters. The van der Waals surface area contributed by atoms with Crippen molar-refractivity contribution in [1.29, 1.82) is 0 Å². The second-order valence-corrected chi connectivity index (χ2v) is 6.19. The molecule has 2 aromatic rings. The molecule has 0 heterocycles. The van der Waals surface area contributed by atoms with Gasteiger partial charge in [-0.15, -0.1) is 0 Å². The van der Waals surface area contributed by atoms with Crippen LogP contribution < -0.4 is 10.1 Å². The Morgan fingerprint density at radius 2 is 1.58 bits per heavy atom. The molecule has 24 heavy (non-hydrogen) atoms. The maximum atomic E-state index is 12.4. The summed E-state index contributed by atoms with van der Waals surface area (Å²) in [5.74, 6) is 0.824. The van der Waals surface area contributed by atoms with Gasteiger partial charge in [0, 0.05) is 0 Å². The molecule has 0 aliphatic carbocycles. The lowest BCUT2D eigenvalue weighted by molar-refractivity contribution is 0.0520. The van der Waals surface area contributed by atoms with E-state index >= 15 is 0 Å². The second-order valence-electron chi connectivity index (χ2n) is 6.19. The van der Waals surface area contributed by atoms with Gasteiger partial charge in [-0.05, 0) is 45.0 Å². The second kappa shape index (κ2) is 7.64. The zero-order chi connectivity index (χ0) is 17.6. The van der Waals surface area contributed by atoms with E-state index in [4.69, 9.17) is 9.47 Å². The molecule has 2 rings (SSSR count). The minimum absolute atomic E-state index is 0.163. The van der Waals surface area contributed by atoms with Gasteiger partial charge in [0.2, 0.25) is 0 Å². The first kappa shape index (κ1) is 17.5. The highest BCUT2D eigenvalue weighted by Crippen LogP contribution is 2.25. The minimum Gasteiger partial charge on any atom is -0.457 e. The number of amides is 1. The first-order valence-electron chi connectivity index (χ1n) is 7.67. The summed E-state index contributed by atoms with van der Waals surface area (Å²) in [5.41, 5.74) is -0.209. The average molecular weight is 327 g/mol. The van der Waals surface area contributed by atoms with E-state index in [9.17, 15) is 9.59 Å². The van der Waals surface area contributed by atoms with Gasteiger partial charge in [0.1, 0.15) is 17.1 Å². The van der Waals surface area contributed by atoms with Crippen LogP contribution >= 0.6 is 0 Å². The molecule has 1 N–H and O–H groups in total. The Morgan fingerprint density at radius 1 is 0.958 bits per heavy atom. The largest absolute Gasteiger partial charge is 0.457 e. The van der Waals surface area contributed by atoms with Gasteiger partial charge in [0.15, 0.2) is 5.78 Å². The number of para-hydroxylation sites is 2. The Labute approximate surface area is 141 Å². The fourth-order valence-electron chi connectivity index (χ4n) is 1.96. The Hall–Kier alpha value is -2.82. The maximum Gasteiger partial charge on any atom is 0.408 e. The molecule has 0 bridgehead atoms. The molecule has 0 atom stereocenters. The van der Waals surface area contributed by atoms with Gasteiger partial charge >= 0.3 is 6.09 Å². The Morgan fingerprint density at radius 3 is 2.25 bits per heavy atom. The van der Waals surface area contributed by atoms with Crippen LogP contribution in [0.2, 0.25) is 0 Å². The quantitative estimate of drug-likeness (QED) is 0.837. The Kier molecular flexibility index (Phi) is 5.58. The monoisotopic (exact) mass is 327 g/mol. The van der Waals surface area contributed by atoms with Crippen LogP contribution in [0.5, 0.6) is 11.5 Å². The lowest BCUT2D eigenvalue weighted by Crippen LogP contribution is -2.35. The van der Waals surface area contributed by atoms with Gasteiger partial charge < -0.3 is 14.8 Å². The Bertz CT molecular complexity index is 705. The molecule has 0 saturated carbocycles. The number of hydrogen-bond acceptors (Lipinski definition) is 4. The van der Waals surface area contributed by atoms with Crippen molar-refractivity contribution in [3.05, 3.63) is 60.2 Å². The van der Waals surface area contributed by atoms with Crippen molar-refractivity contribution in [3.63, 3.8) is 0 Å². The third-order valence-corrected chi connectivity index (χ3v) is 2.95. The summed E-state index contributed by atoms with van der Waals surface area (Å²) in [6, 6.07) is 16.1. The van der Waals surface area contributed by atoms with E-state index in [1.165, 1.54) is 0 Å². The molecule has 0 saturated heterocycles. The van der Waals surface area contributed by atoms with E-state index in [2.05, 4.69) is 5.32 Å². The summed E-state index contributed by atoms with van der Waals surface area (Å²) in [5, 5.41) is 2.46. The van der Waals surface area contributed by atoms with Gasteiger partial charge in [-0.3, -0.25) is 4.79 Å². The average Bonchev–Trinajstić information content (AvgIpc) is 2.52. The summed E-state index contributed by atoms with van der Waals surface area (Å²) >= 11 is 0. The van der Waals surface area contributed by atoms with Crippen LogP contribution in [0.1, 0.15) is 31.1 Å². The number of rotatable bonds is 5. The highest BCUT2D eigenvalue weighted by Gasteiger charge is 2.18. The van der Waals surface area contributed by atoms with Crippen molar-refractivity contribution in [2.75, 3.05) is 6.54 Å². The van der Waals surface area contributed by atoms with Crippen LogP contribution in [0.3, 0.4) is 0 Å². The third-order valence-electron chi connectivity index (χ3n) is 2.95. The highest BCUT2D eigenvalue weighted by atomic mass is 16.6. The molecular weight excluding hydrogens is 306 g/mol. The number of Topliss-reactive ketones (excluding diaryl/α,β-unsaturated/α-hetero) is 1. The number of carbonyl (C=O) groups is 2. The molecule has 2 aromatic carbocycles. The topological polar surface area (TPSA) is 64.6 Å². The van der Waals surface area contributed by atoms with Crippen molar-refractivity contribution in [3.8, 4) is 11.5 Å². The highest BCUT2D eigenvalue weighted by molar-refractivity contribution is 6.01. The lowest BCUT2D eigenvalue weighted by atomic mass is 10.1. The molecule has 0 aliphatic heterocycles. The molecule has 0 radical (unpaired) electrons. The summed E-state index contributed by atoms with van der Waals surface area (Å²) in [4.78, 5) is 24.0. The molecule has 0 aromatic heterocycles. The van der Waals surface area contributed by atoms with Crippen molar-refractivity contribution < 1.29 is 19.1 Å². The van der Waals surface area contributed by atoms with E-state index in [0.29, 0.717) is 17.1 Å². The van der Waals surface area contributed by atoms with Crippen molar-refractivity contribution in [1.82, 2.24) is 5.32 Å². The number of alkyl carbamates (subject to hydrolysis) is 1. The molecule has 5 heteroatoms. The standard InChI is InChI=1S/C19H21NO4/c1-19(2,3)24-18(22)20-13-16(21)15-11-7-8-12-17(15)23-14-9-5-4-6-10-14/h4-12H,13H2,1-3H3,(H,20,22). The van der Waals surface area contributed by atoms with Crippen LogP contribution in [0, 0.1) is 0 Å². The third kappa shape index (κ3) is 5.43. The van der Waals surface area contributed by atoms with Gasteiger partial charge in [0.25, 0.3) is 0 Å². The normalized spacial score (nSPS) is 10.8. The summed E-state index contributed by atoms with van der Waals surface area (Å²) in [7, 11) is 0. The van der Waals surface area contributed by atoms with Gasteiger partial charge in [-0.1, -0.05) is 30.3 Å². The Balaban J connectivity index is 2.03. The fraction of sp³-hybridized carbons (Fsp3) is 0.263. The van der Waals surface area contributed by atoms with Crippen LogP contribution in [-0.4, -0.2) is 24.0 Å². The minimum atomic E-state index is -0.627. The first-order valence-corrected chi connectivity index (χ1v) is 7.67. The van der Waals surface area contributed by atoms with E-state index < -0.39 is 11.7 Å². The molecule has 126 valence electrons. The number of ketones is 1. The van der Waals surface area contributed by atoms with E-state index in [-0.39, 0.29) is 12.3 Å². The summed E-state index contributed by atoms with van der Waals surface area (Å²) < 4.78 is 10.9. The number of ether oxygens (including phenoxy) is 2. The number of nitrogens with one attached hydrogen (secondary N) is 1. The molecule has 5 nitrogen and oxygen atoms in total. The zero-order valence-corrected chi connectivity index (χ0v) is 14.0. The van der Waals surface area contributed by atoms with E-state index in [0.717, 1.165) is 0 Å². The SMILES string of the molecule is CC(C)(C)OC(=O)NCC(=O)c1ccccc1Oc1ccccc1. The molecular formula is C19H21NO4. The fourth-order valence-corrected chi connectivity index (χ4v) is 1.96. The zero-order valence-electron chi connectivity index (χ0n) is 14.0. The van der Waals surface area contributed by atoms with Crippen LogP contribution in [-0.2, 0) is 4.74 Å². The number of benzene rings is 2. The molecule has 0 fully saturated rings.